The van der Waals surface area contributed by atoms with E-state index in [4.69, 9.17) is 18.9 Å². The minimum Gasteiger partial charge on any atom is -0.494 e. The molecule has 1 fully saturated rings. The van der Waals surface area contributed by atoms with Crippen LogP contribution in [-0.2, 0) is 19.5 Å². The summed E-state index contributed by atoms with van der Waals surface area (Å²) < 4.78 is 54.5. The topological polar surface area (TPSA) is 140 Å². The molecule has 3 aromatic rings. The molecule has 1 aliphatic rings. The lowest BCUT2D eigenvalue weighted by atomic mass is 9.81. The number of methoxy groups -OCH3 is 3. The van der Waals surface area contributed by atoms with Crippen molar-refractivity contribution >= 4 is 16.0 Å². The van der Waals surface area contributed by atoms with Gasteiger partial charge in [0.05, 0.1) is 20.3 Å². The van der Waals surface area contributed by atoms with Gasteiger partial charge in [-0.1, -0.05) is 13.0 Å². The summed E-state index contributed by atoms with van der Waals surface area (Å²) in [6.07, 6.45) is 4.65. The van der Waals surface area contributed by atoms with Gasteiger partial charge in [0.15, 0.2) is 5.82 Å². The van der Waals surface area contributed by atoms with Crippen LogP contribution in [0.4, 0.5) is 5.95 Å². The first-order valence-corrected chi connectivity index (χ1v) is 14.4. The summed E-state index contributed by atoms with van der Waals surface area (Å²) in [7, 11) is 0.674. The SMILES string of the molecule is CCCO[C@@H](c1ncc(C)cn1)[C@H](C)S(=O)(=O)Nc1nnc(C2CC(OC)C2)n1-c1c(OC)cccc1OC. The minimum absolute atomic E-state index is 0.00865. The van der Waals surface area contributed by atoms with Gasteiger partial charge in [0.2, 0.25) is 16.0 Å². The Morgan fingerprint density at radius 3 is 2.28 bits per heavy atom. The zero-order valence-electron chi connectivity index (χ0n) is 23.1. The highest BCUT2D eigenvalue weighted by Gasteiger charge is 2.39. The molecule has 1 N–H and O–H groups in total. The molecule has 0 radical (unpaired) electrons. The summed E-state index contributed by atoms with van der Waals surface area (Å²) in [6, 6.07) is 5.33. The van der Waals surface area contributed by atoms with Crippen molar-refractivity contribution < 1.29 is 27.4 Å². The summed E-state index contributed by atoms with van der Waals surface area (Å²) in [5.41, 5.74) is 1.36. The summed E-state index contributed by atoms with van der Waals surface area (Å²) in [5.74, 6) is 1.85. The molecule has 1 aromatic carbocycles. The third kappa shape index (κ3) is 5.99. The Morgan fingerprint density at radius 2 is 1.72 bits per heavy atom. The smallest absolute Gasteiger partial charge is 0.243 e. The van der Waals surface area contributed by atoms with Crippen LogP contribution in [0.15, 0.2) is 30.6 Å². The molecular weight excluding hydrogens is 524 g/mol. The fraction of sp³-hybridized carbons (Fsp3) is 0.538. The quantitative estimate of drug-likeness (QED) is 0.330. The van der Waals surface area contributed by atoms with Crippen molar-refractivity contribution in [2.45, 2.75) is 63.4 Å². The van der Waals surface area contributed by atoms with Gasteiger partial charge in [-0.05, 0) is 50.8 Å². The van der Waals surface area contributed by atoms with Crippen molar-refractivity contribution in [3.8, 4) is 17.2 Å². The highest BCUT2D eigenvalue weighted by molar-refractivity contribution is 7.93. The van der Waals surface area contributed by atoms with Crippen molar-refractivity contribution in [1.29, 1.82) is 0 Å². The van der Waals surface area contributed by atoms with Gasteiger partial charge in [0.25, 0.3) is 0 Å². The Hall–Kier alpha value is -3.29. The summed E-state index contributed by atoms with van der Waals surface area (Å²) in [6.45, 7) is 5.72. The number of nitrogens with one attached hydrogen (secondary N) is 1. The highest BCUT2D eigenvalue weighted by atomic mass is 32.2. The molecule has 2 atom stereocenters. The van der Waals surface area contributed by atoms with Crippen LogP contribution in [0.25, 0.3) is 5.69 Å². The highest BCUT2D eigenvalue weighted by Crippen LogP contribution is 2.43. The van der Waals surface area contributed by atoms with E-state index >= 15 is 0 Å². The van der Waals surface area contributed by atoms with Crippen molar-refractivity contribution in [2.24, 2.45) is 0 Å². The largest absolute Gasteiger partial charge is 0.494 e. The normalized spacial score (nSPS) is 18.7. The number of para-hydroxylation sites is 1. The molecule has 0 unspecified atom stereocenters. The third-order valence-corrected chi connectivity index (χ3v) is 8.51. The number of hydrogen-bond donors (Lipinski definition) is 1. The van der Waals surface area contributed by atoms with Crippen LogP contribution in [-0.4, -0.2) is 72.4 Å². The molecule has 1 aliphatic carbocycles. The van der Waals surface area contributed by atoms with Gasteiger partial charge in [0.1, 0.15) is 34.4 Å². The predicted octanol–water partition coefficient (Wildman–Crippen LogP) is 3.57. The monoisotopic (exact) mass is 560 g/mol. The Kier molecular flexibility index (Phi) is 9.03. The molecule has 0 saturated heterocycles. The first kappa shape index (κ1) is 28.7. The standard InChI is InChI=1S/C26H36N6O6S/c1-7-11-38-23(24-27-14-16(2)15-28-24)17(3)39(33,34)31-26-30-29-25(18-12-19(13-18)35-4)32(26)22-20(36-5)9-8-10-21(22)37-6/h8-10,14-15,17-19,23H,7,11-13H2,1-6H3,(H,30,31)/t17-,18?,19?,23+/m0/s1. The van der Waals surface area contributed by atoms with E-state index in [0.29, 0.717) is 41.9 Å². The second-order valence-corrected chi connectivity index (χ2v) is 11.6. The van der Waals surface area contributed by atoms with E-state index in [-0.39, 0.29) is 18.0 Å². The molecule has 2 heterocycles. The van der Waals surface area contributed by atoms with E-state index in [0.717, 1.165) is 18.4 Å². The van der Waals surface area contributed by atoms with E-state index in [1.807, 2.05) is 13.8 Å². The number of rotatable bonds is 13. The predicted molar refractivity (Wildman–Crippen MR) is 145 cm³/mol. The number of aryl methyl sites for hydroxylation is 1. The van der Waals surface area contributed by atoms with E-state index in [1.165, 1.54) is 14.2 Å². The van der Waals surface area contributed by atoms with Crippen LogP contribution in [0.3, 0.4) is 0 Å². The van der Waals surface area contributed by atoms with Crippen molar-refractivity contribution in [1.82, 2.24) is 24.7 Å². The Morgan fingerprint density at radius 1 is 1.08 bits per heavy atom. The molecule has 0 aliphatic heterocycles. The van der Waals surface area contributed by atoms with Gasteiger partial charge in [-0.2, -0.15) is 0 Å². The van der Waals surface area contributed by atoms with Crippen LogP contribution < -0.4 is 14.2 Å². The molecule has 0 spiro atoms. The van der Waals surface area contributed by atoms with Crippen molar-refractivity contribution in [3.63, 3.8) is 0 Å². The number of benzene rings is 1. The van der Waals surface area contributed by atoms with E-state index in [2.05, 4.69) is 24.9 Å². The van der Waals surface area contributed by atoms with Gasteiger partial charge in [0, 0.05) is 32.0 Å². The first-order valence-electron chi connectivity index (χ1n) is 12.8. The maximum Gasteiger partial charge on any atom is 0.243 e. The minimum atomic E-state index is -4.07. The third-order valence-electron chi connectivity index (χ3n) is 6.81. The van der Waals surface area contributed by atoms with Crippen LogP contribution >= 0.6 is 0 Å². The van der Waals surface area contributed by atoms with Gasteiger partial charge in [-0.3, -0.25) is 9.29 Å². The lowest BCUT2D eigenvalue weighted by molar-refractivity contribution is 0.0232. The summed E-state index contributed by atoms with van der Waals surface area (Å²) in [5, 5.41) is 7.62. The van der Waals surface area contributed by atoms with Crippen LogP contribution in [0.2, 0.25) is 0 Å². The lowest BCUT2D eigenvalue weighted by Gasteiger charge is -2.33. The summed E-state index contributed by atoms with van der Waals surface area (Å²) in [4.78, 5) is 8.68. The Labute approximate surface area is 229 Å². The molecule has 12 nitrogen and oxygen atoms in total. The molecule has 39 heavy (non-hydrogen) atoms. The summed E-state index contributed by atoms with van der Waals surface area (Å²) >= 11 is 0. The first-order chi connectivity index (χ1) is 18.7. The number of anilines is 1. The zero-order valence-corrected chi connectivity index (χ0v) is 23.9. The Bertz CT molecular complexity index is 1340. The zero-order chi connectivity index (χ0) is 28.2. The molecule has 2 aromatic heterocycles. The van der Waals surface area contributed by atoms with E-state index in [9.17, 15) is 8.42 Å². The average molecular weight is 561 g/mol. The van der Waals surface area contributed by atoms with E-state index in [1.54, 1.807) is 49.2 Å². The van der Waals surface area contributed by atoms with Crippen molar-refractivity contribution in [3.05, 3.63) is 47.8 Å². The number of nitrogens with zero attached hydrogens (tertiary/aromatic N) is 5. The van der Waals surface area contributed by atoms with Crippen LogP contribution in [0.1, 0.15) is 62.3 Å². The second kappa shape index (κ2) is 12.3. The maximum atomic E-state index is 13.8. The van der Waals surface area contributed by atoms with Crippen LogP contribution in [0, 0.1) is 6.92 Å². The molecular formula is C26H36N6O6S. The van der Waals surface area contributed by atoms with Gasteiger partial charge in [-0.25, -0.2) is 18.4 Å². The second-order valence-electron chi connectivity index (χ2n) is 9.52. The molecule has 1 saturated carbocycles. The number of sulfonamides is 1. The van der Waals surface area contributed by atoms with Gasteiger partial charge in [-0.15, -0.1) is 10.2 Å². The molecule has 212 valence electrons. The number of ether oxygens (including phenoxy) is 4. The van der Waals surface area contributed by atoms with Gasteiger partial charge < -0.3 is 18.9 Å². The fourth-order valence-electron chi connectivity index (χ4n) is 4.47. The molecule has 13 heteroatoms. The molecule has 0 bridgehead atoms. The number of hydrogen-bond acceptors (Lipinski definition) is 10. The molecule has 0 amide bonds. The van der Waals surface area contributed by atoms with E-state index < -0.39 is 21.4 Å². The Balaban J connectivity index is 1.75. The van der Waals surface area contributed by atoms with Crippen LogP contribution in [0.5, 0.6) is 11.5 Å². The molecule has 4 rings (SSSR count). The maximum absolute atomic E-state index is 13.8. The average Bonchev–Trinajstić information content (AvgIpc) is 3.30. The lowest BCUT2D eigenvalue weighted by Crippen LogP contribution is -2.34. The van der Waals surface area contributed by atoms with Gasteiger partial charge >= 0.3 is 0 Å². The fourth-order valence-corrected chi connectivity index (χ4v) is 5.56. The van der Waals surface area contributed by atoms with Crippen molar-refractivity contribution in [2.75, 3.05) is 32.7 Å². The number of aromatic nitrogens is 5.